The molecule has 2 rings (SSSR count). The molecule has 1 heterocycles. The van der Waals surface area contributed by atoms with E-state index in [-0.39, 0.29) is 36.2 Å². The number of hydrogen-bond donors (Lipinski definition) is 1. The molecule has 0 saturated heterocycles. The van der Waals surface area contributed by atoms with Gasteiger partial charge in [0.1, 0.15) is 11.1 Å². The van der Waals surface area contributed by atoms with Gasteiger partial charge in [0, 0.05) is 40.2 Å². The Bertz CT molecular complexity index is 696. The van der Waals surface area contributed by atoms with Crippen LogP contribution in [-0.2, 0) is 16.0 Å². The summed E-state index contributed by atoms with van der Waals surface area (Å²) in [6, 6.07) is 10.2. The molecule has 0 radical (unpaired) electrons. The molecule has 0 aliphatic heterocycles. The smallest absolute Gasteiger partial charge is 0.193 e. The second-order valence-corrected chi connectivity index (χ2v) is 6.86. The van der Waals surface area contributed by atoms with E-state index in [2.05, 4.69) is 32.8 Å². The fraction of sp³-hybridized carbons (Fsp3) is 0.474. The predicted molar refractivity (Wildman–Crippen MR) is 122 cm³/mol. The van der Waals surface area contributed by atoms with Crippen LogP contribution in [0.2, 0.25) is 0 Å². The van der Waals surface area contributed by atoms with Gasteiger partial charge in [0.2, 0.25) is 0 Å². The van der Waals surface area contributed by atoms with E-state index in [0.717, 1.165) is 22.2 Å². The second kappa shape index (κ2) is 12.3. The number of aliphatic imine (C=N–C) groups is 1. The maximum absolute atomic E-state index is 5.61. The summed E-state index contributed by atoms with van der Waals surface area (Å²) in [5, 5.41) is 6.44. The Morgan fingerprint density at radius 3 is 2.56 bits per heavy atom. The summed E-state index contributed by atoms with van der Waals surface area (Å²) in [4.78, 5) is 11.1. The summed E-state index contributed by atoms with van der Waals surface area (Å²) in [6.07, 6.45) is -0.0143. The van der Waals surface area contributed by atoms with Gasteiger partial charge in [-0.1, -0.05) is 30.3 Å². The number of halogens is 1. The van der Waals surface area contributed by atoms with Crippen LogP contribution in [0, 0.1) is 0 Å². The average Bonchev–Trinajstić information content (AvgIpc) is 3.13. The molecule has 0 aliphatic rings. The molecule has 6 nitrogen and oxygen atoms in total. The van der Waals surface area contributed by atoms with E-state index < -0.39 is 0 Å². The van der Waals surface area contributed by atoms with Crippen LogP contribution in [0.5, 0.6) is 0 Å². The van der Waals surface area contributed by atoms with Crippen molar-refractivity contribution < 1.29 is 9.47 Å². The number of nitrogens with zero attached hydrogens (tertiary/aromatic N) is 3. The van der Waals surface area contributed by atoms with E-state index in [4.69, 9.17) is 9.47 Å². The summed E-state index contributed by atoms with van der Waals surface area (Å²) < 4.78 is 10.9. The first kappa shape index (κ1) is 23.8. The van der Waals surface area contributed by atoms with Gasteiger partial charge in [0.15, 0.2) is 5.96 Å². The van der Waals surface area contributed by atoms with Gasteiger partial charge >= 0.3 is 0 Å². The van der Waals surface area contributed by atoms with Crippen molar-refractivity contribution in [1.82, 2.24) is 15.2 Å². The molecule has 150 valence electrons. The molecule has 1 aromatic carbocycles. The Morgan fingerprint density at radius 2 is 1.96 bits per heavy atom. The lowest BCUT2D eigenvalue weighted by Gasteiger charge is -2.24. The van der Waals surface area contributed by atoms with Crippen LogP contribution in [-0.4, -0.2) is 50.7 Å². The third-order valence-corrected chi connectivity index (χ3v) is 5.20. The molecule has 0 amide bonds. The van der Waals surface area contributed by atoms with Gasteiger partial charge in [0.05, 0.1) is 18.3 Å². The molecule has 0 fully saturated rings. The molecule has 0 aliphatic carbocycles. The van der Waals surface area contributed by atoms with Crippen molar-refractivity contribution in [1.29, 1.82) is 0 Å². The highest BCUT2D eigenvalue weighted by atomic mass is 127. The van der Waals surface area contributed by atoms with Gasteiger partial charge in [-0.25, -0.2) is 4.98 Å². The minimum absolute atomic E-state index is 0. The summed E-state index contributed by atoms with van der Waals surface area (Å²) in [6.45, 7) is 3.32. The maximum atomic E-state index is 5.61. The first-order valence-corrected chi connectivity index (χ1v) is 9.43. The molecule has 27 heavy (non-hydrogen) atoms. The SMILES string of the molecule is CN=C(NCC(OC)c1ccccc1)N(C)Cc1csc(C(C)OC)n1.I. The molecule has 2 unspecified atom stereocenters. The molecule has 2 aromatic rings. The lowest BCUT2D eigenvalue weighted by Crippen LogP contribution is -2.40. The van der Waals surface area contributed by atoms with E-state index in [1.165, 1.54) is 0 Å². The van der Waals surface area contributed by atoms with Crippen molar-refractivity contribution in [3.05, 3.63) is 52.0 Å². The van der Waals surface area contributed by atoms with Gasteiger partial charge in [-0.2, -0.15) is 0 Å². The third kappa shape index (κ3) is 7.02. The molecule has 0 saturated carbocycles. The Morgan fingerprint density at radius 1 is 1.26 bits per heavy atom. The standard InChI is InChI=1S/C19H28N4O2S.HI/c1-14(24-4)18-22-16(13-26-18)12-23(3)19(20-2)21-11-17(25-5)15-9-7-6-8-10-15;/h6-10,13-14,17H,11-12H2,1-5H3,(H,20,21);1H. The normalized spacial score (nSPS) is 13.6. The zero-order valence-corrected chi connectivity index (χ0v) is 19.7. The molecule has 1 aromatic heterocycles. The minimum Gasteiger partial charge on any atom is -0.375 e. The maximum Gasteiger partial charge on any atom is 0.193 e. The number of thiazole rings is 1. The molecular weight excluding hydrogens is 475 g/mol. The van der Waals surface area contributed by atoms with Gasteiger partial charge in [0.25, 0.3) is 0 Å². The van der Waals surface area contributed by atoms with E-state index >= 15 is 0 Å². The monoisotopic (exact) mass is 504 g/mol. The predicted octanol–water partition coefficient (Wildman–Crippen LogP) is 3.86. The van der Waals surface area contributed by atoms with E-state index in [1.54, 1.807) is 32.6 Å². The first-order valence-electron chi connectivity index (χ1n) is 8.55. The highest BCUT2D eigenvalue weighted by molar-refractivity contribution is 14.0. The summed E-state index contributed by atoms with van der Waals surface area (Å²) in [5.41, 5.74) is 2.14. The van der Waals surface area contributed by atoms with Gasteiger partial charge in [-0.3, -0.25) is 4.99 Å². The Kier molecular flexibility index (Phi) is 10.8. The number of ether oxygens (including phenoxy) is 2. The first-order chi connectivity index (χ1) is 12.6. The van der Waals surface area contributed by atoms with Gasteiger partial charge < -0.3 is 19.7 Å². The van der Waals surface area contributed by atoms with E-state index in [1.807, 2.05) is 37.1 Å². The van der Waals surface area contributed by atoms with Crippen molar-refractivity contribution in [3.8, 4) is 0 Å². The number of rotatable bonds is 8. The van der Waals surface area contributed by atoms with Gasteiger partial charge in [-0.15, -0.1) is 35.3 Å². The molecule has 0 bridgehead atoms. The zero-order valence-electron chi connectivity index (χ0n) is 16.5. The fourth-order valence-electron chi connectivity index (χ4n) is 2.57. The fourth-order valence-corrected chi connectivity index (χ4v) is 3.42. The van der Waals surface area contributed by atoms with Crippen molar-refractivity contribution in [2.75, 3.05) is 34.9 Å². The van der Waals surface area contributed by atoms with Crippen molar-refractivity contribution in [3.63, 3.8) is 0 Å². The molecule has 1 N–H and O–H groups in total. The number of hydrogen-bond acceptors (Lipinski definition) is 5. The van der Waals surface area contributed by atoms with Crippen LogP contribution in [0.1, 0.15) is 35.4 Å². The molecule has 0 spiro atoms. The number of benzene rings is 1. The Labute approximate surface area is 183 Å². The van der Waals surface area contributed by atoms with Crippen LogP contribution in [0.4, 0.5) is 0 Å². The van der Waals surface area contributed by atoms with Crippen LogP contribution < -0.4 is 5.32 Å². The number of methoxy groups -OCH3 is 2. The van der Waals surface area contributed by atoms with Crippen LogP contribution in [0.3, 0.4) is 0 Å². The van der Waals surface area contributed by atoms with Crippen molar-refractivity contribution >= 4 is 41.3 Å². The molecule has 8 heteroatoms. The summed E-state index contributed by atoms with van der Waals surface area (Å²) >= 11 is 1.62. The minimum atomic E-state index is -0.0326. The van der Waals surface area contributed by atoms with Crippen molar-refractivity contribution in [2.24, 2.45) is 4.99 Å². The third-order valence-electron chi connectivity index (χ3n) is 4.14. The quantitative estimate of drug-likeness (QED) is 0.336. The van der Waals surface area contributed by atoms with Crippen LogP contribution in [0.25, 0.3) is 0 Å². The Hall–Kier alpha value is -1.23. The van der Waals surface area contributed by atoms with Crippen LogP contribution >= 0.6 is 35.3 Å². The number of nitrogens with one attached hydrogen (secondary N) is 1. The number of guanidine groups is 1. The molecular formula is C19H29IN4O2S. The summed E-state index contributed by atoms with van der Waals surface area (Å²) in [5.74, 6) is 0.803. The average molecular weight is 504 g/mol. The highest BCUT2D eigenvalue weighted by Crippen LogP contribution is 2.21. The molecule has 2 atom stereocenters. The van der Waals surface area contributed by atoms with Gasteiger partial charge in [-0.05, 0) is 12.5 Å². The lowest BCUT2D eigenvalue weighted by atomic mass is 10.1. The highest BCUT2D eigenvalue weighted by Gasteiger charge is 2.15. The van der Waals surface area contributed by atoms with E-state index in [0.29, 0.717) is 13.1 Å². The van der Waals surface area contributed by atoms with Crippen LogP contribution in [0.15, 0.2) is 40.7 Å². The topological polar surface area (TPSA) is 59.0 Å². The number of aromatic nitrogens is 1. The Balaban J connectivity index is 0.00000364. The largest absolute Gasteiger partial charge is 0.375 e. The zero-order chi connectivity index (χ0) is 18.9. The lowest BCUT2D eigenvalue weighted by molar-refractivity contribution is 0.106. The van der Waals surface area contributed by atoms with Crippen molar-refractivity contribution in [2.45, 2.75) is 25.7 Å². The second-order valence-electron chi connectivity index (χ2n) is 5.97. The van der Waals surface area contributed by atoms with E-state index in [9.17, 15) is 0 Å². The summed E-state index contributed by atoms with van der Waals surface area (Å²) in [7, 11) is 7.20.